The summed E-state index contributed by atoms with van der Waals surface area (Å²) in [6.45, 7) is 5.08. The van der Waals surface area contributed by atoms with E-state index >= 15 is 4.39 Å². The number of aliphatic hydroxyl groups is 1. The summed E-state index contributed by atoms with van der Waals surface area (Å²) in [6.07, 6.45) is 2.65. The van der Waals surface area contributed by atoms with Gasteiger partial charge in [-0.2, -0.15) is 0 Å². The fourth-order valence-electron chi connectivity index (χ4n) is 4.49. The van der Waals surface area contributed by atoms with Gasteiger partial charge in [0.2, 0.25) is 0 Å². The predicted octanol–water partition coefficient (Wildman–Crippen LogP) is 5.08. The van der Waals surface area contributed by atoms with Gasteiger partial charge in [-0.15, -0.1) is 0 Å². The molecule has 13 nitrogen and oxygen atoms in total. The van der Waals surface area contributed by atoms with Crippen LogP contribution in [-0.2, 0) is 16.6 Å². The Hall–Kier alpha value is -6.28. The minimum atomic E-state index is -1.26. The van der Waals surface area contributed by atoms with Gasteiger partial charge in [0.15, 0.2) is 11.6 Å². The van der Waals surface area contributed by atoms with Crippen LogP contribution >= 0.6 is 0 Å². The maximum Gasteiger partial charge on any atom is 0.328 e. The van der Waals surface area contributed by atoms with E-state index in [1.54, 1.807) is 81.0 Å². The zero-order chi connectivity index (χ0) is 35.9. The first-order chi connectivity index (χ1) is 23.1. The number of pyridine rings is 1. The summed E-state index contributed by atoms with van der Waals surface area (Å²) in [4.78, 5) is 49.7. The van der Waals surface area contributed by atoms with Crippen LogP contribution in [0.1, 0.15) is 29.9 Å². The summed E-state index contributed by atoms with van der Waals surface area (Å²) in [5, 5.41) is 28.8. The first-order valence-electron chi connectivity index (χ1n) is 14.7. The van der Waals surface area contributed by atoms with Gasteiger partial charge in [0.05, 0.1) is 22.5 Å². The number of hydrogen-bond donors (Lipinski definition) is 4. The van der Waals surface area contributed by atoms with E-state index in [1.165, 1.54) is 23.0 Å². The fraction of sp³-hybridized carbons (Fsp3) is 0.171. The van der Waals surface area contributed by atoms with Crippen molar-refractivity contribution >= 4 is 34.4 Å². The predicted molar refractivity (Wildman–Crippen MR) is 178 cm³/mol. The van der Waals surface area contributed by atoms with E-state index < -0.39 is 34.8 Å². The number of nitrogens with one attached hydrogen (secondary N) is 1. The molecule has 5 aromatic rings. The Morgan fingerprint density at radius 2 is 1.63 bits per heavy atom. The summed E-state index contributed by atoms with van der Waals surface area (Å²) in [5.74, 6) is -3.02. The summed E-state index contributed by atoms with van der Waals surface area (Å²) in [5.41, 5.74) is 0.323. The van der Waals surface area contributed by atoms with Gasteiger partial charge in [-0.25, -0.2) is 18.7 Å². The summed E-state index contributed by atoms with van der Waals surface area (Å²) < 4.78 is 29.6. The number of carbonyl (C=O) groups excluding carboxylic acids is 1. The van der Waals surface area contributed by atoms with Gasteiger partial charge >= 0.3 is 11.9 Å². The number of fused-ring (bicyclic) bond motifs is 1. The van der Waals surface area contributed by atoms with E-state index in [2.05, 4.69) is 10.3 Å². The quantitative estimate of drug-likeness (QED) is 0.146. The minimum absolute atomic E-state index is 0.0359. The highest BCUT2D eigenvalue weighted by Crippen LogP contribution is 2.33. The number of aliphatic carboxylic acids is 2. The Kier molecular flexibility index (Phi) is 11.0. The molecule has 0 saturated heterocycles. The number of anilines is 1. The van der Waals surface area contributed by atoms with E-state index in [1.807, 2.05) is 6.07 Å². The lowest BCUT2D eigenvalue weighted by Crippen LogP contribution is -2.27. The first-order valence-corrected chi connectivity index (χ1v) is 14.7. The lowest BCUT2D eigenvalue weighted by atomic mass is 10.1. The highest BCUT2D eigenvalue weighted by molar-refractivity contribution is 6.05. The number of halogens is 1. The van der Waals surface area contributed by atoms with Crippen LogP contribution in [0.5, 0.6) is 17.2 Å². The highest BCUT2D eigenvalue weighted by atomic mass is 19.1. The molecule has 0 spiro atoms. The van der Waals surface area contributed by atoms with Gasteiger partial charge in [0, 0.05) is 48.6 Å². The second kappa shape index (κ2) is 15.1. The first kappa shape index (κ1) is 35.6. The van der Waals surface area contributed by atoms with Crippen LogP contribution in [0.15, 0.2) is 95.9 Å². The lowest BCUT2D eigenvalue weighted by molar-refractivity contribution is -0.134. The van der Waals surface area contributed by atoms with E-state index in [0.717, 1.165) is 6.07 Å². The largest absolute Gasteiger partial charge is 0.491 e. The topological polar surface area (TPSA) is 182 Å². The van der Waals surface area contributed by atoms with Crippen LogP contribution in [0.25, 0.3) is 16.6 Å². The number of carboxylic acids is 2. The molecule has 0 saturated carbocycles. The van der Waals surface area contributed by atoms with E-state index in [-0.39, 0.29) is 23.6 Å². The van der Waals surface area contributed by atoms with Crippen molar-refractivity contribution in [3.05, 3.63) is 119 Å². The number of benzene rings is 3. The molecule has 2 heterocycles. The molecule has 0 aliphatic carbocycles. The minimum Gasteiger partial charge on any atom is -0.491 e. The fourth-order valence-corrected chi connectivity index (χ4v) is 4.49. The van der Waals surface area contributed by atoms with E-state index in [4.69, 9.17) is 19.7 Å². The summed E-state index contributed by atoms with van der Waals surface area (Å²) in [6, 6.07) is 19.8. The third-order valence-electron chi connectivity index (χ3n) is 6.83. The number of carboxylic acid groups (broad SMARTS) is 2. The van der Waals surface area contributed by atoms with Crippen LogP contribution in [0.4, 0.5) is 10.1 Å². The Morgan fingerprint density at radius 3 is 2.24 bits per heavy atom. The van der Waals surface area contributed by atoms with Crippen LogP contribution in [0.2, 0.25) is 0 Å². The van der Waals surface area contributed by atoms with Gasteiger partial charge in [0.1, 0.15) is 23.7 Å². The molecule has 0 aliphatic heterocycles. The average molecular weight is 673 g/mol. The Bertz CT molecular complexity index is 2080. The van der Waals surface area contributed by atoms with Crippen molar-refractivity contribution in [2.24, 2.45) is 7.05 Å². The lowest BCUT2D eigenvalue weighted by Gasteiger charge is -2.18. The molecule has 0 fully saturated rings. The molecule has 0 unspecified atom stereocenters. The van der Waals surface area contributed by atoms with Crippen LogP contribution in [-0.4, -0.2) is 59.7 Å². The maximum absolute atomic E-state index is 15.1. The number of nitrogens with zero attached hydrogens (tertiary/aromatic N) is 3. The molecular formula is C35H33FN4O9. The van der Waals surface area contributed by atoms with E-state index in [9.17, 15) is 24.3 Å². The van der Waals surface area contributed by atoms with Gasteiger partial charge in [0.25, 0.3) is 11.5 Å². The second-order valence-electron chi connectivity index (χ2n) is 11.2. The van der Waals surface area contributed by atoms with Crippen LogP contribution < -0.4 is 20.3 Å². The number of carbonyl (C=O) groups is 3. The molecule has 5 rings (SSSR count). The molecule has 2 aromatic heterocycles. The van der Waals surface area contributed by atoms with Crippen molar-refractivity contribution in [2.75, 3.05) is 11.9 Å². The Labute approximate surface area is 279 Å². The van der Waals surface area contributed by atoms with Crippen molar-refractivity contribution < 1.29 is 43.6 Å². The SMILES string of the molecule is Cc1c(C(=O)Nc2ccc(Oc3ccnc4cc(OCC(C)(C)O)ccc34)c(F)c2)c(=O)n(-c2ccccc2)n1C.O=C(O)/C=C\C(=O)O. The molecule has 0 aliphatic rings. The van der Waals surface area contributed by atoms with Crippen molar-refractivity contribution in [2.45, 2.75) is 26.4 Å². The number of para-hydroxylation sites is 1. The number of hydrogen-bond acceptors (Lipinski definition) is 8. The third kappa shape index (κ3) is 9.17. The van der Waals surface area contributed by atoms with Crippen LogP contribution in [0.3, 0.4) is 0 Å². The van der Waals surface area contributed by atoms with Crippen molar-refractivity contribution in [3.63, 3.8) is 0 Å². The zero-order valence-corrected chi connectivity index (χ0v) is 26.9. The molecule has 0 atom stereocenters. The molecule has 0 bridgehead atoms. The summed E-state index contributed by atoms with van der Waals surface area (Å²) in [7, 11) is 1.69. The highest BCUT2D eigenvalue weighted by Gasteiger charge is 2.23. The van der Waals surface area contributed by atoms with Crippen molar-refractivity contribution in [1.29, 1.82) is 0 Å². The van der Waals surface area contributed by atoms with Gasteiger partial charge in [-0.1, -0.05) is 18.2 Å². The number of aromatic nitrogens is 3. The van der Waals surface area contributed by atoms with Gasteiger partial charge < -0.3 is 30.1 Å². The Morgan fingerprint density at radius 1 is 0.959 bits per heavy atom. The second-order valence-corrected chi connectivity index (χ2v) is 11.2. The van der Waals surface area contributed by atoms with Gasteiger partial charge in [-0.05, 0) is 63.2 Å². The van der Waals surface area contributed by atoms with Gasteiger partial charge in [-0.3, -0.25) is 19.3 Å². The maximum atomic E-state index is 15.1. The normalized spacial score (nSPS) is 11.1. The number of rotatable bonds is 10. The molecule has 254 valence electrons. The average Bonchev–Trinajstić information content (AvgIpc) is 3.27. The van der Waals surface area contributed by atoms with E-state index in [0.29, 0.717) is 45.9 Å². The zero-order valence-electron chi connectivity index (χ0n) is 26.9. The van der Waals surface area contributed by atoms with Crippen LogP contribution in [0, 0.1) is 12.7 Å². The number of amides is 1. The third-order valence-corrected chi connectivity index (χ3v) is 6.83. The summed E-state index contributed by atoms with van der Waals surface area (Å²) >= 11 is 0. The smallest absolute Gasteiger partial charge is 0.328 e. The monoisotopic (exact) mass is 672 g/mol. The molecule has 4 N–H and O–H groups in total. The molecule has 0 radical (unpaired) electrons. The molecular weight excluding hydrogens is 639 g/mol. The molecule has 3 aromatic carbocycles. The Balaban J connectivity index is 0.000000603. The molecule has 14 heteroatoms. The standard InChI is InChI=1S/C31H29FN4O5.C4H4O4/c1-19-28(30(38)36(35(19)4)21-8-6-5-7-9-21)29(37)34-20-10-13-27(24(32)16-20)41-26-14-15-33-25-17-22(11-12-23(25)26)40-18-31(2,3)39;5-3(6)1-2-4(7)8/h5-17,39H,18H2,1-4H3,(H,34,37);1-2H,(H,5,6)(H,7,8)/b;2-1-. The van der Waals surface area contributed by atoms with Crippen molar-refractivity contribution in [3.8, 4) is 22.9 Å². The van der Waals surface area contributed by atoms with Crippen molar-refractivity contribution in [1.82, 2.24) is 14.3 Å². The number of ether oxygens (including phenoxy) is 2. The molecule has 1 amide bonds. The molecule has 49 heavy (non-hydrogen) atoms.